The largest absolute Gasteiger partial charge is 0.478 e. The van der Waals surface area contributed by atoms with Crippen molar-refractivity contribution in [3.8, 4) is 0 Å². The second-order valence-corrected chi connectivity index (χ2v) is 4.88. The number of carboxylic acids is 1. The molecule has 5 nitrogen and oxygen atoms in total. The van der Waals surface area contributed by atoms with Crippen LogP contribution in [0.3, 0.4) is 0 Å². The zero-order chi connectivity index (χ0) is 13.4. The van der Waals surface area contributed by atoms with Crippen LogP contribution in [0.4, 0.5) is 0 Å². The smallest absolute Gasteiger partial charge is 0.337 e. The molecule has 5 heteroatoms. The lowest BCUT2D eigenvalue weighted by Gasteiger charge is -2.25. The van der Waals surface area contributed by atoms with Gasteiger partial charge in [0.25, 0.3) is 0 Å². The number of carbonyl (C=O) groups is 1. The van der Waals surface area contributed by atoms with Crippen LogP contribution in [-0.4, -0.2) is 33.8 Å². The lowest BCUT2D eigenvalue weighted by atomic mass is 10.1. The molecule has 1 aromatic heterocycles. The number of benzene rings is 1. The van der Waals surface area contributed by atoms with E-state index in [9.17, 15) is 9.90 Å². The van der Waals surface area contributed by atoms with Gasteiger partial charge in [-0.2, -0.15) is 0 Å². The molecule has 1 N–H and O–H groups in total. The summed E-state index contributed by atoms with van der Waals surface area (Å²) in [6.07, 6.45) is 2.00. The molecule has 0 bridgehead atoms. The van der Waals surface area contributed by atoms with E-state index in [1.54, 1.807) is 12.1 Å². The van der Waals surface area contributed by atoms with Crippen molar-refractivity contribution < 1.29 is 14.6 Å². The zero-order valence-corrected chi connectivity index (χ0v) is 10.8. The van der Waals surface area contributed by atoms with Crippen LogP contribution in [0.15, 0.2) is 18.2 Å². The Bertz CT molecular complexity index is 627. The molecule has 1 aliphatic rings. The molecule has 1 unspecified atom stereocenters. The van der Waals surface area contributed by atoms with E-state index in [4.69, 9.17) is 4.74 Å². The number of aromatic carboxylic acids is 1. The molecule has 0 saturated carbocycles. The second kappa shape index (κ2) is 4.66. The van der Waals surface area contributed by atoms with Crippen molar-refractivity contribution in [2.45, 2.75) is 25.8 Å². The van der Waals surface area contributed by atoms with Gasteiger partial charge in [0.2, 0.25) is 0 Å². The predicted molar refractivity (Wildman–Crippen MR) is 70.5 cm³/mol. The van der Waals surface area contributed by atoms with E-state index in [-0.39, 0.29) is 6.04 Å². The molecular weight excluding hydrogens is 244 g/mol. The number of rotatable bonds is 2. The molecule has 0 radical (unpaired) electrons. The number of nitrogens with zero attached hydrogens (tertiary/aromatic N) is 2. The van der Waals surface area contributed by atoms with Gasteiger partial charge in [0.05, 0.1) is 29.2 Å². The van der Waals surface area contributed by atoms with Gasteiger partial charge in [0, 0.05) is 6.61 Å². The van der Waals surface area contributed by atoms with Crippen molar-refractivity contribution in [3.05, 3.63) is 29.6 Å². The maximum Gasteiger partial charge on any atom is 0.337 e. The van der Waals surface area contributed by atoms with Crippen LogP contribution in [0, 0.1) is 6.92 Å². The predicted octanol–water partition coefficient (Wildman–Crippen LogP) is 2.39. The minimum atomic E-state index is -0.913. The molecular formula is C14H16N2O3. The monoisotopic (exact) mass is 260 g/mol. The van der Waals surface area contributed by atoms with E-state index < -0.39 is 5.97 Å². The minimum absolute atomic E-state index is 0.180. The average Bonchev–Trinajstić information content (AvgIpc) is 2.75. The maximum atomic E-state index is 11.4. The molecule has 2 aromatic rings. The molecule has 0 spiro atoms. The Labute approximate surface area is 110 Å². The van der Waals surface area contributed by atoms with Crippen LogP contribution < -0.4 is 0 Å². The number of hydrogen-bond donors (Lipinski definition) is 1. The molecule has 1 atom stereocenters. The van der Waals surface area contributed by atoms with Crippen molar-refractivity contribution >= 4 is 17.0 Å². The Morgan fingerprint density at radius 2 is 2.37 bits per heavy atom. The summed E-state index contributed by atoms with van der Waals surface area (Å²) >= 11 is 0. The number of imidazole rings is 1. The third-order valence-electron chi connectivity index (χ3n) is 3.62. The number of carboxylic acid groups (broad SMARTS) is 1. The van der Waals surface area contributed by atoms with Crippen molar-refractivity contribution in [2.75, 3.05) is 13.2 Å². The molecule has 2 heterocycles. The number of fused-ring (bicyclic) bond motifs is 1. The van der Waals surface area contributed by atoms with Gasteiger partial charge in [-0.3, -0.25) is 0 Å². The summed E-state index contributed by atoms with van der Waals surface area (Å²) in [4.78, 5) is 15.9. The first kappa shape index (κ1) is 12.2. The highest BCUT2D eigenvalue weighted by Gasteiger charge is 2.23. The molecule has 19 heavy (non-hydrogen) atoms. The third kappa shape index (κ3) is 2.00. The Morgan fingerprint density at radius 3 is 3.05 bits per heavy atom. The Morgan fingerprint density at radius 1 is 1.53 bits per heavy atom. The van der Waals surface area contributed by atoms with Gasteiger partial charge < -0.3 is 14.4 Å². The molecule has 0 aliphatic carbocycles. The lowest BCUT2D eigenvalue weighted by Crippen LogP contribution is -2.22. The summed E-state index contributed by atoms with van der Waals surface area (Å²) in [5.41, 5.74) is 1.76. The maximum absolute atomic E-state index is 11.4. The van der Waals surface area contributed by atoms with Gasteiger partial charge >= 0.3 is 5.97 Å². The zero-order valence-electron chi connectivity index (χ0n) is 10.8. The van der Waals surface area contributed by atoms with Gasteiger partial charge in [0.15, 0.2) is 0 Å². The second-order valence-electron chi connectivity index (χ2n) is 4.88. The highest BCUT2D eigenvalue weighted by molar-refractivity contribution is 6.01. The molecule has 1 saturated heterocycles. The van der Waals surface area contributed by atoms with E-state index >= 15 is 0 Å². The Hall–Kier alpha value is -1.88. The number of ether oxygens (including phenoxy) is 1. The fourth-order valence-electron chi connectivity index (χ4n) is 2.81. The van der Waals surface area contributed by atoms with E-state index in [1.165, 1.54) is 0 Å². The molecule has 1 aliphatic heterocycles. The van der Waals surface area contributed by atoms with Crippen molar-refractivity contribution in [2.24, 2.45) is 0 Å². The van der Waals surface area contributed by atoms with Gasteiger partial charge in [-0.25, -0.2) is 9.78 Å². The fourth-order valence-corrected chi connectivity index (χ4v) is 2.81. The Balaban J connectivity index is 2.21. The van der Waals surface area contributed by atoms with Crippen molar-refractivity contribution in [1.29, 1.82) is 0 Å². The van der Waals surface area contributed by atoms with Crippen LogP contribution in [0.5, 0.6) is 0 Å². The summed E-state index contributed by atoms with van der Waals surface area (Å²) in [5, 5.41) is 9.34. The van der Waals surface area contributed by atoms with Gasteiger partial charge in [-0.1, -0.05) is 6.07 Å². The van der Waals surface area contributed by atoms with E-state index in [1.807, 2.05) is 17.6 Å². The number of para-hydroxylation sites is 1. The SMILES string of the molecule is Cc1nc2cccc(C(=O)O)c2n1C1CCCOC1. The van der Waals surface area contributed by atoms with Gasteiger partial charge in [0.1, 0.15) is 5.82 Å². The first-order valence-corrected chi connectivity index (χ1v) is 6.47. The van der Waals surface area contributed by atoms with Gasteiger partial charge in [-0.05, 0) is 31.9 Å². The van der Waals surface area contributed by atoms with E-state index in [0.717, 1.165) is 30.8 Å². The fraction of sp³-hybridized carbons (Fsp3) is 0.429. The lowest BCUT2D eigenvalue weighted by molar-refractivity contribution is 0.0594. The molecule has 3 rings (SSSR count). The van der Waals surface area contributed by atoms with Crippen molar-refractivity contribution in [3.63, 3.8) is 0 Å². The van der Waals surface area contributed by atoms with Crippen LogP contribution >= 0.6 is 0 Å². The molecule has 1 aromatic carbocycles. The normalized spacial score (nSPS) is 19.7. The highest BCUT2D eigenvalue weighted by Crippen LogP contribution is 2.28. The average molecular weight is 260 g/mol. The summed E-state index contributed by atoms with van der Waals surface area (Å²) in [7, 11) is 0. The molecule has 1 fully saturated rings. The van der Waals surface area contributed by atoms with Crippen molar-refractivity contribution in [1.82, 2.24) is 9.55 Å². The Kier molecular flexibility index (Phi) is 2.98. The molecule has 0 amide bonds. The summed E-state index contributed by atoms with van der Waals surface area (Å²) in [5.74, 6) is -0.0670. The van der Waals surface area contributed by atoms with Crippen LogP contribution in [0.2, 0.25) is 0 Å². The number of aromatic nitrogens is 2. The topological polar surface area (TPSA) is 64.3 Å². The standard InChI is InChI=1S/C14H16N2O3/c1-9-15-12-6-2-5-11(14(17)18)13(12)16(9)10-4-3-7-19-8-10/h2,5-6,10H,3-4,7-8H2,1H3,(H,17,18). The third-order valence-corrected chi connectivity index (χ3v) is 3.62. The summed E-state index contributed by atoms with van der Waals surface area (Å²) in [6.45, 7) is 3.33. The first-order chi connectivity index (χ1) is 9.18. The summed E-state index contributed by atoms with van der Waals surface area (Å²) < 4.78 is 7.54. The highest BCUT2D eigenvalue weighted by atomic mass is 16.5. The first-order valence-electron chi connectivity index (χ1n) is 6.47. The van der Waals surface area contributed by atoms with Crippen LogP contribution in [0.25, 0.3) is 11.0 Å². The molecule has 100 valence electrons. The van der Waals surface area contributed by atoms with E-state index in [0.29, 0.717) is 17.7 Å². The minimum Gasteiger partial charge on any atom is -0.478 e. The van der Waals surface area contributed by atoms with Crippen LogP contribution in [-0.2, 0) is 4.74 Å². The summed E-state index contributed by atoms with van der Waals surface area (Å²) in [6, 6.07) is 5.40. The van der Waals surface area contributed by atoms with E-state index in [2.05, 4.69) is 4.98 Å². The number of hydrogen-bond acceptors (Lipinski definition) is 3. The quantitative estimate of drug-likeness (QED) is 0.900. The number of aryl methyl sites for hydroxylation is 1. The van der Waals surface area contributed by atoms with Gasteiger partial charge in [-0.15, -0.1) is 0 Å². The van der Waals surface area contributed by atoms with Crippen LogP contribution in [0.1, 0.15) is 35.1 Å².